The Morgan fingerprint density at radius 2 is 2.00 bits per heavy atom. The van der Waals surface area contributed by atoms with Gasteiger partial charge >= 0.3 is 0 Å². The summed E-state index contributed by atoms with van der Waals surface area (Å²) in [6.07, 6.45) is 6.31. The third kappa shape index (κ3) is 7.90. The number of aliphatic imine (C=N–C) groups is 1. The summed E-state index contributed by atoms with van der Waals surface area (Å²) in [5, 5.41) is 11.0. The number of hydrogen-bond acceptors (Lipinski definition) is 4. The van der Waals surface area contributed by atoms with Crippen LogP contribution in [0, 0.1) is 0 Å². The lowest BCUT2D eigenvalue weighted by Crippen LogP contribution is -2.37. The molecule has 0 fully saturated rings. The quantitative estimate of drug-likeness (QED) is 0.190. The van der Waals surface area contributed by atoms with Crippen LogP contribution in [0.5, 0.6) is 0 Å². The number of nitrogens with zero attached hydrogens (tertiary/aromatic N) is 3. The molecular formula is C21H28IN5O2. The van der Waals surface area contributed by atoms with E-state index in [2.05, 4.69) is 45.0 Å². The van der Waals surface area contributed by atoms with Gasteiger partial charge in [0.25, 0.3) is 0 Å². The first-order chi connectivity index (χ1) is 13.8. The number of halogens is 1. The van der Waals surface area contributed by atoms with E-state index in [1.807, 2.05) is 29.1 Å². The van der Waals surface area contributed by atoms with E-state index in [9.17, 15) is 0 Å². The van der Waals surface area contributed by atoms with Crippen molar-refractivity contribution in [2.45, 2.75) is 26.1 Å². The normalized spacial score (nSPS) is 11.1. The fraction of sp³-hybridized carbons (Fsp3) is 0.333. The minimum Gasteiger partial charge on any atom is -0.467 e. The number of guanidine groups is 1. The fourth-order valence-corrected chi connectivity index (χ4v) is 2.80. The average Bonchev–Trinajstić information content (AvgIpc) is 3.42. The number of benzene rings is 1. The van der Waals surface area contributed by atoms with Gasteiger partial charge in [0.15, 0.2) is 5.96 Å². The van der Waals surface area contributed by atoms with Gasteiger partial charge in [-0.3, -0.25) is 9.67 Å². The molecule has 0 spiro atoms. The van der Waals surface area contributed by atoms with Crippen LogP contribution in [0.2, 0.25) is 0 Å². The summed E-state index contributed by atoms with van der Waals surface area (Å²) in [5.74, 6) is 1.62. The SMILES string of the molecule is CN=C(NCCCOCc1ccco1)NCc1ccccc1Cn1cccn1.I. The van der Waals surface area contributed by atoms with E-state index in [-0.39, 0.29) is 24.0 Å². The summed E-state index contributed by atoms with van der Waals surface area (Å²) in [4.78, 5) is 4.29. The zero-order valence-electron chi connectivity index (χ0n) is 16.6. The van der Waals surface area contributed by atoms with Gasteiger partial charge in [-0.05, 0) is 35.7 Å². The largest absolute Gasteiger partial charge is 0.467 e. The smallest absolute Gasteiger partial charge is 0.191 e. The van der Waals surface area contributed by atoms with Crippen molar-refractivity contribution in [1.82, 2.24) is 20.4 Å². The number of ether oxygens (including phenoxy) is 1. The van der Waals surface area contributed by atoms with Crippen LogP contribution in [0.4, 0.5) is 0 Å². The Morgan fingerprint density at radius 3 is 2.72 bits per heavy atom. The molecule has 2 aromatic heterocycles. The van der Waals surface area contributed by atoms with Gasteiger partial charge in [0.05, 0.1) is 12.8 Å². The van der Waals surface area contributed by atoms with E-state index in [0.717, 1.165) is 31.2 Å². The molecule has 0 saturated carbocycles. The first-order valence-electron chi connectivity index (χ1n) is 9.44. The van der Waals surface area contributed by atoms with Gasteiger partial charge in [-0.1, -0.05) is 24.3 Å². The average molecular weight is 509 g/mol. The van der Waals surface area contributed by atoms with Crippen LogP contribution >= 0.6 is 24.0 Å². The maximum Gasteiger partial charge on any atom is 0.191 e. The molecule has 1 aromatic carbocycles. The van der Waals surface area contributed by atoms with E-state index < -0.39 is 0 Å². The van der Waals surface area contributed by atoms with Gasteiger partial charge in [-0.2, -0.15) is 5.10 Å². The maximum absolute atomic E-state index is 5.59. The zero-order chi connectivity index (χ0) is 19.4. The Hall–Kier alpha value is -2.33. The lowest BCUT2D eigenvalue weighted by Gasteiger charge is -2.14. The van der Waals surface area contributed by atoms with Crippen molar-refractivity contribution >= 4 is 29.9 Å². The van der Waals surface area contributed by atoms with Crippen molar-refractivity contribution in [2.24, 2.45) is 4.99 Å². The molecular weight excluding hydrogens is 481 g/mol. The minimum absolute atomic E-state index is 0. The standard InChI is InChI=1S/C21H27N5O2.HI/c1-22-21(23-10-6-13-27-17-20-9-4-14-28-20)24-15-18-7-2-3-8-19(18)16-26-12-5-11-25-26;/h2-5,7-9,11-12,14H,6,10,13,15-17H2,1H3,(H2,22,23,24);1H. The highest BCUT2D eigenvalue weighted by molar-refractivity contribution is 14.0. The highest BCUT2D eigenvalue weighted by atomic mass is 127. The van der Waals surface area contributed by atoms with E-state index in [4.69, 9.17) is 9.15 Å². The van der Waals surface area contributed by atoms with Crippen molar-refractivity contribution in [3.05, 3.63) is 78.0 Å². The molecule has 0 unspecified atom stereocenters. The molecule has 0 bridgehead atoms. The third-order valence-electron chi connectivity index (χ3n) is 4.26. The molecule has 7 nitrogen and oxygen atoms in total. The Morgan fingerprint density at radius 1 is 1.14 bits per heavy atom. The van der Waals surface area contributed by atoms with Crippen molar-refractivity contribution in [2.75, 3.05) is 20.2 Å². The summed E-state index contributed by atoms with van der Waals surface area (Å²) in [6.45, 7) is 3.41. The Kier molecular flexibility index (Phi) is 10.3. The van der Waals surface area contributed by atoms with Gasteiger partial charge in [-0.25, -0.2) is 0 Å². The van der Waals surface area contributed by atoms with Crippen LogP contribution in [-0.4, -0.2) is 35.9 Å². The Balaban J connectivity index is 0.00000300. The van der Waals surface area contributed by atoms with Crippen LogP contribution in [-0.2, 0) is 24.4 Å². The molecule has 29 heavy (non-hydrogen) atoms. The van der Waals surface area contributed by atoms with Gasteiger partial charge < -0.3 is 19.8 Å². The summed E-state index contributed by atoms with van der Waals surface area (Å²) in [5.41, 5.74) is 2.46. The fourth-order valence-electron chi connectivity index (χ4n) is 2.80. The third-order valence-corrected chi connectivity index (χ3v) is 4.26. The molecule has 8 heteroatoms. The first-order valence-corrected chi connectivity index (χ1v) is 9.44. The summed E-state index contributed by atoms with van der Waals surface area (Å²) < 4.78 is 12.7. The second-order valence-electron chi connectivity index (χ2n) is 6.31. The first kappa shape index (κ1) is 23.0. The maximum atomic E-state index is 5.59. The van der Waals surface area contributed by atoms with Crippen LogP contribution < -0.4 is 10.6 Å². The van der Waals surface area contributed by atoms with Crippen LogP contribution in [0.25, 0.3) is 0 Å². The monoisotopic (exact) mass is 509 g/mol. The number of nitrogens with one attached hydrogen (secondary N) is 2. The Bertz CT molecular complexity index is 835. The van der Waals surface area contributed by atoms with E-state index >= 15 is 0 Å². The van der Waals surface area contributed by atoms with Crippen molar-refractivity contribution in [3.8, 4) is 0 Å². The van der Waals surface area contributed by atoms with Gasteiger partial charge in [0, 0.05) is 39.1 Å². The lowest BCUT2D eigenvalue weighted by atomic mass is 10.1. The zero-order valence-corrected chi connectivity index (χ0v) is 18.9. The van der Waals surface area contributed by atoms with Crippen LogP contribution in [0.3, 0.4) is 0 Å². The number of hydrogen-bond donors (Lipinski definition) is 2. The molecule has 156 valence electrons. The summed E-state index contributed by atoms with van der Waals surface area (Å²) >= 11 is 0. The summed E-state index contributed by atoms with van der Waals surface area (Å²) in [7, 11) is 1.78. The van der Waals surface area contributed by atoms with Gasteiger partial charge in [-0.15, -0.1) is 24.0 Å². The van der Waals surface area contributed by atoms with E-state index in [1.54, 1.807) is 19.5 Å². The van der Waals surface area contributed by atoms with Crippen molar-refractivity contribution in [3.63, 3.8) is 0 Å². The predicted molar refractivity (Wildman–Crippen MR) is 124 cm³/mol. The topological polar surface area (TPSA) is 76.6 Å². The van der Waals surface area contributed by atoms with E-state index in [0.29, 0.717) is 19.8 Å². The highest BCUT2D eigenvalue weighted by Crippen LogP contribution is 2.10. The predicted octanol–water partition coefficient (Wildman–Crippen LogP) is 3.41. The second kappa shape index (κ2) is 13.0. The molecule has 3 aromatic rings. The number of rotatable bonds is 10. The molecule has 0 aliphatic rings. The van der Waals surface area contributed by atoms with Gasteiger partial charge in [0.2, 0.25) is 0 Å². The molecule has 2 N–H and O–H groups in total. The molecule has 0 aliphatic heterocycles. The van der Waals surface area contributed by atoms with Gasteiger partial charge in [0.1, 0.15) is 12.4 Å². The molecule has 2 heterocycles. The van der Waals surface area contributed by atoms with E-state index in [1.165, 1.54) is 11.1 Å². The van der Waals surface area contributed by atoms with Crippen LogP contribution in [0.15, 0.2) is 70.5 Å². The van der Waals surface area contributed by atoms with Crippen LogP contribution in [0.1, 0.15) is 23.3 Å². The molecule has 0 radical (unpaired) electrons. The molecule has 0 atom stereocenters. The van der Waals surface area contributed by atoms with Crippen molar-refractivity contribution < 1.29 is 9.15 Å². The molecule has 0 aliphatic carbocycles. The molecule has 0 amide bonds. The lowest BCUT2D eigenvalue weighted by molar-refractivity contribution is 0.105. The minimum atomic E-state index is 0. The number of furan rings is 1. The second-order valence-corrected chi connectivity index (χ2v) is 6.31. The molecule has 3 rings (SSSR count). The number of aromatic nitrogens is 2. The Labute approximate surface area is 188 Å². The highest BCUT2D eigenvalue weighted by Gasteiger charge is 2.04. The van der Waals surface area contributed by atoms with Crippen molar-refractivity contribution in [1.29, 1.82) is 0 Å². The summed E-state index contributed by atoms with van der Waals surface area (Å²) in [6, 6.07) is 14.1. The molecule has 0 saturated heterocycles.